The van der Waals surface area contributed by atoms with E-state index in [1.807, 2.05) is 55.5 Å². The van der Waals surface area contributed by atoms with Crippen molar-refractivity contribution >= 4 is 51.9 Å². The summed E-state index contributed by atoms with van der Waals surface area (Å²) in [6, 6.07) is 14.4. The number of anilines is 1. The number of fused-ring (bicyclic) bond motifs is 3. The topological polar surface area (TPSA) is 103 Å². The molecule has 0 bridgehead atoms. The maximum Gasteiger partial charge on any atom is 0.259 e. The van der Waals surface area contributed by atoms with E-state index in [0.717, 1.165) is 29.7 Å². The molecule has 0 spiro atoms. The Kier molecular flexibility index (Phi) is 7.97. The fourth-order valence-corrected chi connectivity index (χ4v) is 4.68. The lowest BCUT2D eigenvalue weighted by Crippen LogP contribution is -2.41. The van der Waals surface area contributed by atoms with Crippen LogP contribution in [0.25, 0.3) is 0 Å². The van der Waals surface area contributed by atoms with Crippen molar-refractivity contribution in [1.82, 2.24) is 10.2 Å². The number of carbonyl (C=O) groups is 3. The molecule has 0 unspecified atom stereocenters. The van der Waals surface area contributed by atoms with Crippen LogP contribution in [0.5, 0.6) is 0 Å². The Morgan fingerprint density at radius 1 is 1.09 bits per heavy atom. The highest BCUT2D eigenvalue weighted by atomic mass is 32.2. The van der Waals surface area contributed by atoms with E-state index in [4.69, 9.17) is 0 Å². The summed E-state index contributed by atoms with van der Waals surface area (Å²) < 4.78 is 0. The summed E-state index contributed by atoms with van der Waals surface area (Å²) in [6.07, 6.45) is 2.48. The molecular formula is C26H29N5O3S. The molecule has 2 aliphatic heterocycles. The molecule has 182 valence electrons. The third-order valence-corrected chi connectivity index (χ3v) is 6.74. The fourth-order valence-electron chi connectivity index (χ4n) is 3.88. The number of amidine groups is 2. The van der Waals surface area contributed by atoms with Crippen LogP contribution in [0.1, 0.15) is 43.7 Å². The number of carbonyl (C=O) groups excluding carboxylic acids is 3. The van der Waals surface area contributed by atoms with Gasteiger partial charge >= 0.3 is 0 Å². The SMILES string of the molecule is CCCCNC(=O)CC[C@H]1N=C2c3ccccc3N=C(SCC(=O)Nc3ccccc3C)N2C1=O. The summed E-state index contributed by atoms with van der Waals surface area (Å²) in [5.41, 5.74) is 3.20. The number of thioether (sulfide) groups is 1. The Hall–Kier alpha value is -3.46. The second-order valence-corrected chi connectivity index (χ2v) is 9.39. The largest absolute Gasteiger partial charge is 0.356 e. The average Bonchev–Trinajstić information content (AvgIpc) is 3.19. The van der Waals surface area contributed by atoms with Crippen LogP contribution in [0, 0.1) is 6.92 Å². The van der Waals surface area contributed by atoms with Crippen molar-refractivity contribution in [2.24, 2.45) is 9.98 Å². The molecule has 4 rings (SSSR count). The van der Waals surface area contributed by atoms with Crippen molar-refractivity contribution in [2.45, 2.75) is 45.6 Å². The highest BCUT2D eigenvalue weighted by molar-refractivity contribution is 8.14. The van der Waals surface area contributed by atoms with Crippen molar-refractivity contribution < 1.29 is 14.4 Å². The van der Waals surface area contributed by atoms with E-state index in [1.165, 1.54) is 16.7 Å². The lowest BCUT2D eigenvalue weighted by Gasteiger charge is -2.25. The van der Waals surface area contributed by atoms with Gasteiger partial charge in [-0.3, -0.25) is 19.4 Å². The highest BCUT2D eigenvalue weighted by Gasteiger charge is 2.41. The molecule has 9 heteroatoms. The second kappa shape index (κ2) is 11.3. The van der Waals surface area contributed by atoms with Crippen molar-refractivity contribution in [2.75, 3.05) is 17.6 Å². The van der Waals surface area contributed by atoms with Crippen molar-refractivity contribution in [3.8, 4) is 0 Å². The highest BCUT2D eigenvalue weighted by Crippen LogP contribution is 2.34. The molecule has 2 N–H and O–H groups in total. The molecule has 2 aromatic carbocycles. The zero-order valence-corrected chi connectivity index (χ0v) is 20.7. The van der Waals surface area contributed by atoms with Crippen LogP contribution in [-0.2, 0) is 14.4 Å². The van der Waals surface area contributed by atoms with Crippen LogP contribution >= 0.6 is 11.8 Å². The van der Waals surface area contributed by atoms with E-state index in [-0.39, 0.29) is 29.9 Å². The predicted octanol–water partition coefficient (Wildman–Crippen LogP) is 4.02. The van der Waals surface area contributed by atoms with E-state index in [0.29, 0.717) is 29.7 Å². The molecule has 35 heavy (non-hydrogen) atoms. The summed E-state index contributed by atoms with van der Waals surface area (Å²) in [7, 11) is 0. The maximum atomic E-state index is 13.3. The molecule has 0 fully saturated rings. The van der Waals surface area contributed by atoms with Crippen LogP contribution < -0.4 is 10.6 Å². The number of nitrogens with zero attached hydrogens (tertiary/aromatic N) is 3. The number of hydrogen-bond acceptors (Lipinski definition) is 6. The number of amides is 3. The second-order valence-electron chi connectivity index (χ2n) is 8.45. The Morgan fingerprint density at radius 2 is 1.86 bits per heavy atom. The Labute approximate surface area is 209 Å². The minimum absolute atomic E-state index is 0.0761. The number of rotatable bonds is 9. The Morgan fingerprint density at radius 3 is 2.66 bits per heavy atom. The molecule has 1 atom stereocenters. The first-order chi connectivity index (χ1) is 17.0. The van der Waals surface area contributed by atoms with Crippen LogP contribution in [0.2, 0.25) is 0 Å². The van der Waals surface area contributed by atoms with Gasteiger partial charge in [-0.2, -0.15) is 0 Å². The minimum atomic E-state index is -0.653. The molecule has 0 radical (unpaired) electrons. The van der Waals surface area contributed by atoms with Crippen LogP contribution in [0.15, 0.2) is 58.5 Å². The molecule has 2 aliphatic rings. The molecule has 3 amide bonds. The van der Waals surface area contributed by atoms with Crippen LogP contribution in [0.4, 0.5) is 11.4 Å². The van der Waals surface area contributed by atoms with Gasteiger partial charge in [-0.25, -0.2) is 9.89 Å². The fraction of sp³-hybridized carbons (Fsp3) is 0.346. The number of unbranched alkanes of at least 4 members (excludes halogenated alkanes) is 1. The van der Waals surface area contributed by atoms with Crippen LogP contribution in [0.3, 0.4) is 0 Å². The third-order valence-electron chi connectivity index (χ3n) is 5.80. The molecule has 8 nitrogen and oxygen atoms in total. The number of hydrogen-bond donors (Lipinski definition) is 2. The van der Waals surface area contributed by atoms with E-state index in [2.05, 4.69) is 27.5 Å². The van der Waals surface area contributed by atoms with Gasteiger partial charge in [-0.15, -0.1) is 0 Å². The van der Waals surface area contributed by atoms with Crippen molar-refractivity contribution in [1.29, 1.82) is 0 Å². The van der Waals surface area contributed by atoms with E-state index in [9.17, 15) is 14.4 Å². The van der Waals surface area contributed by atoms with E-state index < -0.39 is 6.04 Å². The monoisotopic (exact) mass is 491 g/mol. The van der Waals surface area contributed by atoms with Gasteiger partial charge in [0.25, 0.3) is 5.91 Å². The van der Waals surface area contributed by atoms with Gasteiger partial charge in [0.1, 0.15) is 11.9 Å². The summed E-state index contributed by atoms with van der Waals surface area (Å²) in [5.74, 6) is 0.140. The molecule has 0 aliphatic carbocycles. The molecule has 2 heterocycles. The quantitative estimate of drug-likeness (QED) is 0.517. The van der Waals surface area contributed by atoms with E-state index >= 15 is 0 Å². The lowest BCUT2D eigenvalue weighted by atomic mass is 10.1. The summed E-state index contributed by atoms with van der Waals surface area (Å²) >= 11 is 1.20. The summed E-state index contributed by atoms with van der Waals surface area (Å²) in [5, 5.41) is 6.21. The number of nitrogens with one attached hydrogen (secondary N) is 2. The molecule has 0 saturated carbocycles. The summed E-state index contributed by atoms with van der Waals surface area (Å²) in [4.78, 5) is 48.9. The van der Waals surface area contributed by atoms with Gasteiger partial charge < -0.3 is 10.6 Å². The minimum Gasteiger partial charge on any atom is -0.356 e. The Balaban J connectivity index is 1.46. The van der Waals surface area contributed by atoms with Crippen LogP contribution in [-0.4, -0.2) is 52.0 Å². The molecular weight excluding hydrogens is 462 g/mol. The van der Waals surface area contributed by atoms with Gasteiger partial charge in [0, 0.05) is 24.2 Å². The van der Waals surface area contributed by atoms with Gasteiger partial charge in [0.15, 0.2) is 5.17 Å². The first kappa shape index (κ1) is 24.7. The molecule has 0 aromatic heterocycles. The van der Waals surface area contributed by atoms with Gasteiger partial charge in [-0.1, -0.05) is 55.4 Å². The Bertz CT molecular complexity index is 1190. The number of para-hydroxylation sites is 2. The van der Waals surface area contributed by atoms with Gasteiger partial charge in [0.2, 0.25) is 11.8 Å². The predicted molar refractivity (Wildman–Crippen MR) is 140 cm³/mol. The van der Waals surface area contributed by atoms with Crippen molar-refractivity contribution in [3.05, 3.63) is 59.7 Å². The third kappa shape index (κ3) is 5.79. The van der Waals surface area contributed by atoms with Gasteiger partial charge in [-0.05, 0) is 43.5 Å². The smallest absolute Gasteiger partial charge is 0.259 e. The zero-order valence-electron chi connectivity index (χ0n) is 19.9. The normalized spacial score (nSPS) is 16.2. The first-order valence-corrected chi connectivity index (χ1v) is 12.8. The maximum absolute atomic E-state index is 13.3. The van der Waals surface area contributed by atoms with Crippen molar-refractivity contribution in [3.63, 3.8) is 0 Å². The average molecular weight is 492 g/mol. The summed E-state index contributed by atoms with van der Waals surface area (Å²) in [6.45, 7) is 4.64. The number of benzene rings is 2. The standard InChI is InChI=1S/C26H29N5O3S/c1-3-4-15-27-22(32)14-13-21-25(34)31-24(29-21)18-10-6-8-12-20(18)30-26(31)35-16-23(33)28-19-11-7-5-9-17(19)2/h5-12,21H,3-4,13-16H2,1-2H3,(H,27,32)(H,28,33)/t21-/m1/s1. The number of aliphatic imine (C=N–C) groups is 2. The first-order valence-electron chi connectivity index (χ1n) is 11.8. The zero-order chi connectivity index (χ0) is 24.8. The lowest BCUT2D eigenvalue weighted by molar-refractivity contribution is -0.125. The molecule has 0 saturated heterocycles. The van der Waals surface area contributed by atoms with Gasteiger partial charge in [0.05, 0.1) is 11.4 Å². The molecule has 2 aromatic rings. The number of aryl methyl sites for hydroxylation is 1. The van der Waals surface area contributed by atoms with E-state index in [1.54, 1.807) is 0 Å².